The zero-order valence-electron chi connectivity index (χ0n) is 41.8. The van der Waals surface area contributed by atoms with Crippen molar-refractivity contribution in [1.82, 2.24) is 0 Å². The summed E-state index contributed by atoms with van der Waals surface area (Å²) in [7, 11) is 0. The SMILES string of the molecule is Oc1ccc2c(c1)O[C@@H](c1ccc(O)c(O)c1)[C@H](O)[C@@H]2c1cc2c(cc1O)O[C@@H](c1ccc(O)c(O)c1)[C@H](O)[C@@H]2c1c(O)c([C@@H]2c3ccc(O)cc3O[C@@H](c3ccc(O)c(O)c3)[C@@H]2O)c(O)c2c1O[C@H](c1ccc(O)c(O)c1)[C@@H](O)C2. The molecule has 4 aliphatic rings. The first-order valence-electron chi connectivity index (χ1n) is 25.3. The summed E-state index contributed by atoms with van der Waals surface area (Å²) in [5.41, 5.74) is -0.427. The minimum absolute atomic E-state index is 0.0256. The van der Waals surface area contributed by atoms with Gasteiger partial charge in [0.05, 0.1) is 6.10 Å². The highest BCUT2D eigenvalue weighted by atomic mass is 16.5. The van der Waals surface area contributed by atoms with Crippen molar-refractivity contribution < 1.29 is 106 Å². The van der Waals surface area contributed by atoms with Gasteiger partial charge in [-0.3, -0.25) is 0 Å². The van der Waals surface area contributed by atoms with Gasteiger partial charge >= 0.3 is 0 Å². The molecule has 21 heteroatoms. The molecule has 0 aliphatic carbocycles. The summed E-state index contributed by atoms with van der Waals surface area (Å²) >= 11 is 0. The molecule has 81 heavy (non-hydrogen) atoms. The van der Waals surface area contributed by atoms with Crippen LogP contribution in [-0.4, -0.2) is 111 Å². The van der Waals surface area contributed by atoms with Crippen LogP contribution in [-0.2, 0) is 6.42 Å². The number of fused-ring (bicyclic) bond motifs is 4. The first kappa shape index (κ1) is 51.9. The summed E-state index contributed by atoms with van der Waals surface area (Å²) in [5.74, 6) is -12.2. The van der Waals surface area contributed by atoms with E-state index in [0.717, 1.165) is 42.5 Å². The maximum atomic E-state index is 13.5. The van der Waals surface area contributed by atoms with Crippen LogP contribution in [0.3, 0.4) is 0 Å². The van der Waals surface area contributed by atoms with Crippen LogP contribution in [0.2, 0.25) is 0 Å². The van der Waals surface area contributed by atoms with Crippen molar-refractivity contribution in [3.63, 3.8) is 0 Å². The van der Waals surface area contributed by atoms with Gasteiger partial charge in [0.1, 0.15) is 76.2 Å². The third-order valence-electron chi connectivity index (χ3n) is 15.7. The van der Waals surface area contributed by atoms with Crippen molar-refractivity contribution in [2.24, 2.45) is 0 Å². The molecule has 4 heterocycles. The second-order valence-corrected chi connectivity index (χ2v) is 20.5. The zero-order chi connectivity index (χ0) is 57.2. The van der Waals surface area contributed by atoms with E-state index in [-0.39, 0.29) is 90.1 Å². The topological polar surface area (TPSA) is 381 Å². The van der Waals surface area contributed by atoms with E-state index in [0.29, 0.717) is 0 Å². The monoisotopic (exact) mass is 1110 g/mol. The maximum absolute atomic E-state index is 13.5. The molecule has 0 unspecified atom stereocenters. The highest BCUT2D eigenvalue weighted by Gasteiger charge is 2.51. The van der Waals surface area contributed by atoms with Crippen LogP contribution < -0.4 is 18.9 Å². The number of rotatable bonds is 7. The van der Waals surface area contributed by atoms with E-state index in [1.165, 1.54) is 78.9 Å². The van der Waals surface area contributed by atoms with Gasteiger partial charge < -0.3 is 106 Å². The van der Waals surface area contributed by atoms with Gasteiger partial charge in [0.2, 0.25) is 0 Å². The first-order valence-corrected chi connectivity index (χ1v) is 25.3. The Morgan fingerprint density at radius 2 is 0.704 bits per heavy atom. The summed E-state index contributed by atoms with van der Waals surface area (Å²) in [6.07, 6.45) is -13.3. The van der Waals surface area contributed by atoms with Crippen LogP contribution in [0.1, 0.15) is 103 Å². The van der Waals surface area contributed by atoms with E-state index in [1.807, 2.05) is 0 Å². The fourth-order valence-electron chi connectivity index (χ4n) is 11.8. The van der Waals surface area contributed by atoms with Crippen LogP contribution in [0.5, 0.6) is 97.7 Å². The summed E-state index contributed by atoms with van der Waals surface area (Å²) in [4.78, 5) is 0. The zero-order valence-corrected chi connectivity index (χ0v) is 41.8. The van der Waals surface area contributed by atoms with Gasteiger partial charge in [0.25, 0.3) is 0 Å². The standard InChI is InChI=1S/C60H50O21/c61-26-5-7-28-43(17-26)78-57(23-2-10-34(64)39(69)14-23)53(75)46(28)30-19-31-45(21-37(30)67)80-59(25-4-12-36(66)41(71)16-25)55(77)48(31)50-52(74)49(51(73)32-20-42(72)56(81-60(32)50)22-1-9-33(63)38(68)13-22)47-29-8-6-27(62)18-44(29)79-58(54(47)76)24-3-11-35(65)40(70)15-24/h1-19,21,42,46-48,53-59,61-77H,20H2/t42-,46-,47-,48-,53+,54+,55+,56+,57-,58-,59-/m0/s1. The smallest absolute Gasteiger partial charge is 0.157 e. The predicted octanol–water partition coefficient (Wildman–Crippen LogP) is 6.78. The van der Waals surface area contributed by atoms with Crippen LogP contribution >= 0.6 is 0 Å². The van der Waals surface area contributed by atoms with Crippen molar-refractivity contribution in [3.8, 4) is 97.7 Å². The molecular formula is C60H50O21. The van der Waals surface area contributed by atoms with E-state index in [1.54, 1.807) is 0 Å². The summed E-state index contributed by atoms with van der Waals surface area (Å²) < 4.78 is 25.7. The molecule has 17 N–H and O–H groups in total. The van der Waals surface area contributed by atoms with E-state index in [2.05, 4.69) is 0 Å². The van der Waals surface area contributed by atoms with E-state index in [9.17, 15) is 86.8 Å². The molecule has 0 saturated heterocycles. The molecule has 0 amide bonds. The van der Waals surface area contributed by atoms with Crippen molar-refractivity contribution >= 4 is 0 Å². The van der Waals surface area contributed by atoms with Gasteiger partial charge in [-0.15, -0.1) is 0 Å². The molecule has 0 aromatic heterocycles. The second kappa shape index (κ2) is 19.2. The molecule has 11 atom stereocenters. The Morgan fingerprint density at radius 1 is 0.309 bits per heavy atom. The Hall–Kier alpha value is -9.80. The van der Waals surface area contributed by atoms with Crippen LogP contribution in [0.15, 0.2) is 121 Å². The molecule has 0 bridgehead atoms. The molecule has 0 fully saturated rings. The van der Waals surface area contributed by atoms with Crippen molar-refractivity contribution in [1.29, 1.82) is 0 Å². The second-order valence-electron chi connectivity index (χ2n) is 20.5. The molecule has 0 radical (unpaired) electrons. The Kier molecular flexibility index (Phi) is 12.3. The summed E-state index contributed by atoms with van der Waals surface area (Å²) in [6, 6.07) is 24.9. The fraction of sp³-hybridized carbons (Fsp3) is 0.200. The number of hydrogen-bond acceptors (Lipinski definition) is 21. The first-order chi connectivity index (χ1) is 38.7. The third-order valence-corrected chi connectivity index (χ3v) is 15.7. The molecule has 4 aliphatic heterocycles. The minimum atomic E-state index is -1.94. The van der Waals surface area contributed by atoms with Gasteiger partial charge in [-0.2, -0.15) is 0 Å². The number of ether oxygens (including phenoxy) is 4. The Labute approximate surface area is 457 Å². The lowest BCUT2D eigenvalue weighted by Crippen LogP contribution is -2.38. The van der Waals surface area contributed by atoms with E-state index in [4.69, 9.17) is 18.9 Å². The number of phenolic OH excluding ortho intramolecular Hbond substituents is 13. The van der Waals surface area contributed by atoms with E-state index < -0.39 is 142 Å². The Bertz CT molecular complexity index is 3860. The fourth-order valence-corrected chi connectivity index (χ4v) is 11.8. The van der Waals surface area contributed by atoms with Crippen LogP contribution in [0.25, 0.3) is 0 Å². The highest BCUT2D eigenvalue weighted by Crippen LogP contribution is 2.62. The number of aliphatic hydroxyl groups is 4. The lowest BCUT2D eigenvalue weighted by atomic mass is 9.72. The number of phenols is 13. The average Bonchev–Trinajstić information content (AvgIpc) is 3.52. The Balaban J connectivity index is 1.13. The van der Waals surface area contributed by atoms with Gasteiger partial charge in [0.15, 0.2) is 64.3 Å². The summed E-state index contributed by atoms with van der Waals surface area (Å²) in [6.45, 7) is 0. The van der Waals surface area contributed by atoms with E-state index >= 15 is 0 Å². The predicted molar refractivity (Wildman–Crippen MR) is 280 cm³/mol. The molecular weight excluding hydrogens is 1060 g/mol. The molecule has 21 nitrogen and oxygen atoms in total. The largest absolute Gasteiger partial charge is 0.508 e. The number of aliphatic hydroxyl groups excluding tert-OH is 4. The van der Waals surface area contributed by atoms with Crippen LogP contribution in [0, 0.1) is 0 Å². The highest BCUT2D eigenvalue weighted by molar-refractivity contribution is 5.71. The molecule has 416 valence electrons. The van der Waals surface area contributed by atoms with Crippen molar-refractivity contribution in [2.45, 2.75) is 73.0 Å². The van der Waals surface area contributed by atoms with Gasteiger partial charge in [0, 0.05) is 81.3 Å². The summed E-state index contributed by atoms with van der Waals surface area (Å²) in [5, 5.41) is 194. The van der Waals surface area contributed by atoms with Gasteiger partial charge in [-0.1, -0.05) is 36.4 Å². The molecule has 0 saturated carbocycles. The normalized spacial score (nSPS) is 24.4. The molecule has 12 rings (SSSR count). The van der Waals surface area contributed by atoms with Crippen molar-refractivity contribution in [2.75, 3.05) is 0 Å². The quantitative estimate of drug-likeness (QED) is 0.0731. The van der Waals surface area contributed by atoms with Crippen LogP contribution in [0.4, 0.5) is 0 Å². The lowest BCUT2D eigenvalue weighted by molar-refractivity contribution is -0.000202. The molecule has 8 aromatic rings. The van der Waals surface area contributed by atoms with Gasteiger partial charge in [-0.25, -0.2) is 0 Å². The van der Waals surface area contributed by atoms with Crippen molar-refractivity contribution in [3.05, 3.63) is 183 Å². The van der Waals surface area contributed by atoms with Gasteiger partial charge in [-0.05, 0) is 89.0 Å². The average molecular weight is 1110 g/mol. The molecule has 0 spiro atoms. The number of hydrogen-bond donors (Lipinski definition) is 17. The maximum Gasteiger partial charge on any atom is 0.157 e. The third kappa shape index (κ3) is 8.48. The minimum Gasteiger partial charge on any atom is -0.508 e. The lowest BCUT2D eigenvalue weighted by Gasteiger charge is -2.43. The number of benzene rings is 8. The Morgan fingerprint density at radius 3 is 1.15 bits per heavy atom. The molecule has 8 aromatic carbocycles. The number of aromatic hydroxyl groups is 13.